The minimum atomic E-state index is 0. The summed E-state index contributed by atoms with van der Waals surface area (Å²) in [5.74, 6) is 0. The molecule has 1 aromatic rings. The van der Waals surface area contributed by atoms with Crippen LogP contribution in [0.5, 0.6) is 0 Å². The Balaban J connectivity index is 0.00000144. The Labute approximate surface area is 92.9 Å². The summed E-state index contributed by atoms with van der Waals surface area (Å²) in [6, 6.07) is 6.47. The molecule has 74 valence electrons. The van der Waals surface area contributed by atoms with E-state index in [4.69, 9.17) is 4.52 Å². The van der Waals surface area contributed by atoms with Gasteiger partial charge in [0.25, 0.3) is 0 Å². The summed E-state index contributed by atoms with van der Waals surface area (Å²) in [4.78, 5) is 0. The molecule has 2 unspecified atom stereocenters. The molecule has 0 amide bonds. The van der Waals surface area contributed by atoms with Gasteiger partial charge in [-0.15, -0.1) is 17.0 Å². The maximum absolute atomic E-state index is 5.16. The Morgan fingerprint density at radius 1 is 1.15 bits per heavy atom. The van der Waals surface area contributed by atoms with Gasteiger partial charge in [-0.1, -0.05) is 29.3 Å². The van der Waals surface area contributed by atoms with E-state index in [1.165, 1.54) is 16.7 Å². The van der Waals surface area contributed by atoms with Crippen LogP contribution in [0, 0.1) is 13.8 Å². The Morgan fingerprint density at radius 3 is 2.00 bits per heavy atom. The predicted octanol–water partition coefficient (Wildman–Crippen LogP) is 3.75. The highest BCUT2D eigenvalue weighted by atomic mass is 79.9. The van der Waals surface area contributed by atoms with Crippen LogP contribution in [0.15, 0.2) is 18.2 Å². The molecule has 0 saturated carbocycles. The number of hydrogen-bond acceptors (Lipinski definition) is 1. The third-order valence-electron chi connectivity index (χ3n) is 1.92. The Morgan fingerprint density at radius 2 is 1.62 bits per heavy atom. The molecule has 0 N–H and O–H groups in total. The summed E-state index contributed by atoms with van der Waals surface area (Å²) < 4.78 is 5.16. The molecule has 0 aliphatic heterocycles. The molecule has 0 bridgehead atoms. The number of aryl methyl sites for hydroxylation is 2. The maximum Gasteiger partial charge on any atom is 0.0832 e. The van der Waals surface area contributed by atoms with Crippen molar-refractivity contribution in [1.29, 1.82) is 0 Å². The van der Waals surface area contributed by atoms with Gasteiger partial charge in [-0.3, -0.25) is 0 Å². The molecule has 0 spiro atoms. The van der Waals surface area contributed by atoms with E-state index in [2.05, 4.69) is 41.5 Å². The summed E-state index contributed by atoms with van der Waals surface area (Å²) in [6.45, 7) is 6.25. The summed E-state index contributed by atoms with van der Waals surface area (Å²) in [5.41, 5.74) is 3.82. The molecule has 0 aromatic heterocycles. The lowest BCUT2D eigenvalue weighted by Gasteiger charge is -2.11. The van der Waals surface area contributed by atoms with Crippen LogP contribution in [0.25, 0.3) is 0 Å². The van der Waals surface area contributed by atoms with Crippen LogP contribution in [0.3, 0.4) is 0 Å². The monoisotopic (exact) mass is 262 g/mol. The molecule has 2 atom stereocenters. The van der Waals surface area contributed by atoms with Crippen molar-refractivity contribution in [3.8, 4) is 0 Å². The normalized spacial score (nSPS) is 12.0. The van der Waals surface area contributed by atoms with Crippen LogP contribution in [0.2, 0.25) is 0 Å². The van der Waals surface area contributed by atoms with Crippen molar-refractivity contribution >= 4 is 26.4 Å². The summed E-state index contributed by atoms with van der Waals surface area (Å²) in [5, 5.41) is 0. The fraction of sp³-hybridized carbons (Fsp3) is 0.400. The van der Waals surface area contributed by atoms with Crippen molar-refractivity contribution in [1.82, 2.24) is 0 Å². The minimum Gasteiger partial charge on any atom is -0.358 e. The number of hydrogen-bond donors (Lipinski definition) is 0. The summed E-state index contributed by atoms with van der Waals surface area (Å²) in [6.07, 6.45) is 0.161. The molecule has 3 heteroatoms. The molecule has 13 heavy (non-hydrogen) atoms. The Kier molecular flexibility index (Phi) is 5.78. The largest absolute Gasteiger partial charge is 0.358 e. The second kappa shape index (κ2) is 5.74. The first-order chi connectivity index (χ1) is 5.63. The van der Waals surface area contributed by atoms with Gasteiger partial charge in [0.2, 0.25) is 0 Å². The molecule has 0 fully saturated rings. The van der Waals surface area contributed by atoms with Crippen molar-refractivity contribution in [2.45, 2.75) is 26.9 Å². The van der Waals surface area contributed by atoms with Crippen LogP contribution in [0.1, 0.15) is 29.7 Å². The molecule has 1 nitrogen and oxygen atoms in total. The lowest BCUT2D eigenvalue weighted by Crippen LogP contribution is -1.93. The van der Waals surface area contributed by atoms with E-state index >= 15 is 0 Å². The Hall–Kier alpha value is 0.0900. The topological polar surface area (TPSA) is 9.23 Å². The molecule has 0 heterocycles. The average Bonchev–Trinajstić information content (AvgIpc) is 2.01. The molecule has 0 aliphatic carbocycles. The van der Waals surface area contributed by atoms with Crippen molar-refractivity contribution in [3.63, 3.8) is 0 Å². The van der Waals surface area contributed by atoms with Crippen molar-refractivity contribution < 1.29 is 4.52 Å². The lowest BCUT2D eigenvalue weighted by molar-refractivity contribution is 0.270. The molecule has 0 radical (unpaired) electrons. The van der Waals surface area contributed by atoms with Crippen molar-refractivity contribution in [2.24, 2.45) is 0 Å². The standard InChI is InChI=1S/C10H15OP.BrH/c1-7-4-8(2)6-10(5-7)9(3)11-12;/h4-6,9H,12H2,1-3H3;1H. The van der Waals surface area contributed by atoms with Gasteiger partial charge in [-0.25, -0.2) is 0 Å². The first kappa shape index (κ1) is 13.1. The molecular weight excluding hydrogens is 247 g/mol. The van der Waals surface area contributed by atoms with Gasteiger partial charge >= 0.3 is 0 Å². The maximum atomic E-state index is 5.16. The highest BCUT2D eigenvalue weighted by Gasteiger charge is 2.03. The average molecular weight is 263 g/mol. The molecule has 0 saturated heterocycles. The van der Waals surface area contributed by atoms with Crippen molar-refractivity contribution in [3.05, 3.63) is 34.9 Å². The van der Waals surface area contributed by atoms with Crippen LogP contribution < -0.4 is 0 Å². The smallest absolute Gasteiger partial charge is 0.0832 e. The van der Waals surface area contributed by atoms with Gasteiger partial charge in [0.15, 0.2) is 0 Å². The summed E-state index contributed by atoms with van der Waals surface area (Å²) in [7, 11) is 2.30. The van der Waals surface area contributed by atoms with E-state index in [0.29, 0.717) is 0 Å². The third kappa shape index (κ3) is 3.76. The van der Waals surface area contributed by atoms with E-state index in [9.17, 15) is 0 Å². The van der Waals surface area contributed by atoms with Gasteiger partial charge in [-0.2, -0.15) is 0 Å². The zero-order chi connectivity index (χ0) is 9.14. The quantitative estimate of drug-likeness (QED) is 0.738. The van der Waals surface area contributed by atoms with E-state index < -0.39 is 0 Å². The van der Waals surface area contributed by atoms with E-state index in [0.717, 1.165) is 0 Å². The van der Waals surface area contributed by atoms with Gasteiger partial charge in [0, 0.05) is 9.47 Å². The second-order valence-electron chi connectivity index (χ2n) is 3.20. The Bertz CT molecular complexity index is 255. The fourth-order valence-corrected chi connectivity index (χ4v) is 1.48. The van der Waals surface area contributed by atoms with Crippen molar-refractivity contribution in [2.75, 3.05) is 0 Å². The van der Waals surface area contributed by atoms with Gasteiger partial charge in [0.1, 0.15) is 0 Å². The van der Waals surface area contributed by atoms with Crippen LogP contribution in [-0.2, 0) is 4.52 Å². The summed E-state index contributed by atoms with van der Waals surface area (Å²) >= 11 is 0. The second-order valence-corrected chi connectivity index (χ2v) is 3.47. The zero-order valence-corrected chi connectivity index (χ0v) is 11.1. The van der Waals surface area contributed by atoms with Gasteiger partial charge in [-0.05, 0) is 26.3 Å². The highest BCUT2D eigenvalue weighted by molar-refractivity contribution is 8.93. The number of benzene rings is 1. The van der Waals surface area contributed by atoms with E-state index in [1.54, 1.807) is 0 Å². The molecular formula is C10H16BrOP. The van der Waals surface area contributed by atoms with E-state index in [-0.39, 0.29) is 23.1 Å². The number of halogens is 1. The highest BCUT2D eigenvalue weighted by Crippen LogP contribution is 2.21. The molecule has 0 aliphatic rings. The third-order valence-corrected chi connectivity index (χ3v) is 2.33. The first-order valence-electron chi connectivity index (χ1n) is 4.07. The van der Waals surface area contributed by atoms with Gasteiger partial charge in [0.05, 0.1) is 6.10 Å². The van der Waals surface area contributed by atoms with Crippen LogP contribution >= 0.6 is 26.4 Å². The lowest BCUT2D eigenvalue weighted by atomic mass is 10.0. The fourth-order valence-electron chi connectivity index (χ4n) is 1.32. The SMILES string of the molecule is Br.Cc1cc(C)cc(C(C)OP)c1. The van der Waals surface area contributed by atoms with Gasteiger partial charge < -0.3 is 4.52 Å². The van der Waals surface area contributed by atoms with Crippen LogP contribution in [-0.4, -0.2) is 0 Å². The van der Waals surface area contributed by atoms with Crippen LogP contribution in [0.4, 0.5) is 0 Å². The van der Waals surface area contributed by atoms with E-state index in [1.807, 2.05) is 6.92 Å². The number of rotatable bonds is 2. The predicted molar refractivity (Wildman–Crippen MR) is 65.4 cm³/mol. The molecule has 1 aromatic carbocycles. The minimum absolute atomic E-state index is 0. The molecule has 1 rings (SSSR count). The first-order valence-corrected chi connectivity index (χ1v) is 4.54. The zero-order valence-electron chi connectivity index (χ0n) is 8.20.